The van der Waals surface area contributed by atoms with Crippen LogP contribution in [-0.4, -0.2) is 18.9 Å². The molecule has 0 saturated heterocycles. The molecule has 3 heteroatoms. The molecule has 0 N–H and O–H groups in total. The van der Waals surface area contributed by atoms with Crippen molar-refractivity contribution in [3.8, 4) is 0 Å². The number of Topliss-reactive ketones (excluding diaryl/α,β-unsaturated/α-hetero) is 1. The van der Waals surface area contributed by atoms with Crippen LogP contribution in [0.3, 0.4) is 0 Å². The molecule has 0 radical (unpaired) electrons. The van der Waals surface area contributed by atoms with Gasteiger partial charge in [-0.1, -0.05) is 13.0 Å². The van der Waals surface area contributed by atoms with Gasteiger partial charge in [0, 0.05) is 17.9 Å². The van der Waals surface area contributed by atoms with E-state index in [0.29, 0.717) is 18.4 Å². The average molecular weight is 196 g/mol. The second-order valence-electron chi connectivity index (χ2n) is 3.71. The van der Waals surface area contributed by atoms with Crippen molar-refractivity contribution < 1.29 is 14.3 Å². The van der Waals surface area contributed by atoms with E-state index in [0.717, 1.165) is 19.3 Å². The number of esters is 1. The van der Waals surface area contributed by atoms with Gasteiger partial charge in [0.05, 0.1) is 7.11 Å². The van der Waals surface area contributed by atoms with Gasteiger partial charge in [0.25, 0.3) is 0 Å². The zero-order valence-corrected chi connectivity index (χ0v) is 8.54. The lowest BCUT2D eigenvalue weighted by molar-refractivity contribution is -0.136. The van der Waals surface area contributed by atoms with Crippen LogP contribution in [0, 0.1) is 5.92 Å². The average Bonchev–Trinajstić information content (AvgIpc) is 2.20. The van der Waals surface area contributed by atoms with Crippen molar-refractivity contribution in [1.82, 2.24) is 0 Å². The molecule has 1 saturated carbocycles. The van der Waals surface area contributed by atoms with E-state index in [2.05, 4.69) is 11.3 Å². The Labute approximate surface area is 84.1 Å². The summed E-state index contributed by atoms with van der Waals surface area (Å²) >= 11 is 0. The Kier molecular flexibility index (Phi) is 3.86. The van der Waals surface area contributed by atoms with Crippen LogP contribution in [0.25, 0.3) is 0 Å². The van der Waals surface area contributed by atoms with Gasteiger partial charge in [0.15, 0.2) is 0 Å². The Bertz CT molecular complexity index is 255. The van der Waals surface area contributed by atoms with Crippen molar-refractivity contribution in [3.05, 3.63) is 12.2 Å². The summed E-state index contributed by atoms with van der Waals surface area (Å²) in [4.78, 5) is 22.5. The maximum atomic E-state index is 11.4. The van der Waals surface area contributed by atoms with Gasteiger partial charge in [-0.05, 0) is 19.3 Å². The summed E-state index contributed by atoms with van der Waals surface area (Å²) in [6.45, 7) is 3.63. The molecule has 1 rings (SSSR count). The van der Waals surface area contributed by atoms with Crippen LogP contribution in [0.1, 0.15) is 32.1 Å². The van der Waals surface area contributed by atoms with Crippen LogP contribution >= 0.6 is 0 Å². The van der Waals surface area contributed by atoms with Crippen molar-refractivity contribution in [1.29, 1.82) is 0 Å². The molecule has 1 aliphatic rings. The minimum absolute atomic E-state index is 0.00431. The van der Waals surface area contributed by atoms with Crippen LogP contribution in [0.15, 0.2) is 12.2 Å². The van der Waals surface area contributed by atoms with E-state index in [1.165, 1.54) is 7.11 Å². The van der Waals surface area contributed by atoms with Crippen LogP contribution < -0.4 is 0 Å². The Hall–Kier alpha value is -1.12. The lowest BCUT2D eigenvalue weighted by Crippen LogP contribution is -2.21. The van der Waals surface area contributed by atoms with Gasteiger partial charge in [0.2, 0.25) is 0 Å². The van der Waals surface area contributed by atoms with Gasteiger partial charge in [-0.15, -0.1) is 0 Å². The van der Waals surface area contributed by atoms with Gasteiger partial charge in [-0.25, -0.2) is 4.79 Å². The monoisotopic (exact) mass is 196 g/mol. The highest BCUT2D eigenvalue weighted by Gasteiger charge is 2.24. The van der Waals surface area contributed by atoms with Gasteiger partial charge in [-0.2, -0.15) is 0 Å². The molecule has 0 aromatic heterocycles. The lowest BCUT2D eigenvalue weighted by atomic mass is 9.84. The van der Waals surface area contributed by atoms with Crippen LogP contribution in [-0.2, 0) is 14.3 Å². The number of rotatable bonds is 3. The molecular formula is C11H16O3. The smallest absolute Gasteiger partial charge is 0.333 e. The fraction of sp³-hybridized carbons (Fsp3) is 0.636. The van der Waals surface area contributed by atoms with Crippen LogP contribution in [0.4, 0.5) is 0 Å². The van der Waals surface area contributed by atoms with E-state index in [1.54, 1.807) is 0 Å². The fourth-order valence-corrected chi connectivity index (χ4v) is 1.80. The van der Waals surface area contributed by atoms with Crippen molar-refractivity contribution >= 4 is 11.8 Å². The minimum atomic E-state index is -0.400. The van der Waals surface area contributed by atoms with Crippen LogP contribution in [0.2, 0.25) is 0 Å². The van der Waals surface area contributed by atoms with E-state index in [-0.39, 0.29) is 11.7 Å². The van der Waals surface area contributed by atoms with Crippen molar-refractivity contribution in [3.63, 3.8) is 0 Å². The third-order valence-corrected chi connectivity index (χ3v) is 2.65. The standard InChI is InChI=1S/C11H16O3/c1-8(11(13)14-2)7-9-5-3-4-6-10(9)12/h9H,1,3-7H2,2H3. The van der Waals surface area contributed by atoms with Gasteiger partial charge in [-0.3, -0.25) is 4.79 Å². The zero-order chi connectivity index (χ0) is 10.6. The van der Waals surface area contributed by atoms with Crippen LogP contribution in [0.5, 0.6) is 0 Å². The summed E-state index contributed by atoms with van der Waals surface area (Å²) in [5, 5.41) is 0. The third kappa shape index (κ3) is 2.69. The zero-order valence-electron chi connectivity index (χ0n) is 8.54. The summed E-state index contributed by atoms with van der Waals surface area (Å²) in [5.41, 5.74) is 0.410. The van der Waals surface area contributed by atoms with Gasteiger partial charge in [0.1, 0.15) is 5.78 Å². The van der Waals surface area contributed by atoms with Crippen molar-refractivity contribution in [2.24, 2.45) is 5.92 Å². The molecule has 3 nitrogen and oxygen atoms in total. The fourth-order valence-electron chi connectivity index (χ4n) is 1.80. The molecular weight excluding hydrogens is 180 g/mol. The number of hydrogen-bond acceptors (Lipinski definition) is 3. The van der Waals surface area contributed by atoms with E-state index < -0.39 is 5.97 Å². The number of ketones is 1. The van der Waals surface area contributed by atoms with E-state index >= 15 is 0 Å². The number of hydrogen-bond donors (Lipinski definition) is 0. The molecule has 0 heterocycles. The molecule has 0 aromatic rings. The van der Waals surface area contributed by atoms with E-state index in [9.17, 15) is 9.59 Å². The number of ether oxygens (including phenoxy) is 1. The number of carbonyl (C=O) groups excluding carboxylic acids is 2. The molecule has 0 spiro atoms. The minimum Gasteiger partial charge on any atom is -0.466 e. The SMILES string of the molecule is C=C(CC1CCCCC1=O)C(=O)OC. The van der Waals surface area contributed by atoms with E-state index in [1.807, 2.05) is 0 Å². The van der Waals surface area contributed by atoms with Gasteiger partial charge < -0.3 is 4.74 Å². The second-order valence-corrected chi connectivity index (χ2v) is 3.71. The molecule has 1 unspecified atom stereocenters. The first kappa shape index (κ1) is 11.0. The first-order valence-electron chi connectivity index (χ1n) is 4.94. The lowest BCUT2D eigenvalue weighted by Gasteiger charge is -2.20. The molecule has 0 aromatic carbocycles. The highest BCUT2D eigenvalue weighted by molar-refractivity contribution is 5.89. The normalized spacial score (nSPS) is 21.8. The topological polar surface area (TPSA) is 43.4 Å². The van der Waals surface area contributed by atoms with Gasteiger partial charge >= 0.3 is 5.97 Å². The highest BCUT2D eigenvalue weighted by atomic mass is 16.5. The first-order chi connectivity index (χ1) is 6.65. The molecule has 1 aliphatic carbocycles. The number of carbonyl (C=O) groups is 2. The quantitative estimate of drug-likeness (QED) is 0.511. The Balaban J connectivity index is 2.46. The Morgan fingerprint density at radius 3 is 2.86 bits per heavy atom. The largest absolute Gasteiger partial charge is 0.466 e. The molecule has 0 bridgehead atoms. The number of methoxy groups -OCH3 is 1. The Morgan fingerprint density at radius 2 is 2.29 bits per heavy atom. The second kappa shape index (κ2) is 4.94. The summed E-state index contributed by atoms with van der Waals surface area (Å²) in [5.74, 6) is -0.139. The van der Waals surface area contributed by atoms with Crippen molar-refractivity contribution in [2.45, 2.75) is 32.1 Å². The molecule has 78 valence electrons. The summed E-state index contributed by atoms with van der Waals surface area (Å²) in [6, 6.07) is 0. The maximum absolute atomic E-state index is 11.4. The molecule has 1 fully saturated rings. The molecule has 0 aliphatic heterocycles. The third-order valence-electron chi connectivity index (χ3n) is 2.65. The van der Waals surface area contributed by atoms with E-state index in [4.69, 9.17) is 0 Å². The Morgan fingerprint density at radius 1 is 1.57 bits per heavy atom. The summed E-state index contributed by atoms with van der Waals surface area (Å²) < 4.78 is 4.54. The highest BCUT2D eigenvalue weighted by Crippen LogP contribution is 2.25. The summed E-state index contributed by atoms with van der Waals surface area (Å²) in [6.07, 6.45) is 4.06. The molecule has 0 amide bonds. The van der Waals surface area contributed by atoms with Crippen molar-refractivity contribution in [2.75, 3.05) is 7.11 Å². The molecule has 1 atom stereocenters. The first-order valence-corrected chi connectivity index (χ1v) is 4.94. The summed E-state index contributed by atoms with van der Waals surface area (Å²) in [7, 11) is 1.33. The maximum Gasteiger partial charge on any atom is 0.333 e. The predicted molar refractivity (Wildman–Crippen MR) is 52.7 cm³/mol. The predicted octanol–water partition coefficient (Wildman–Crippen LogP) is 1.86. The molecule has 14 heavy (non-hydrogen) atoms.